The second kappa shape index (κ2) is 7.51. The Hall–Kier alpha value is -4.07. The Bertz CT molecular complexity index is 1580. The number of aromatic nitrogens is 5. The van der Waals surface area contributed by atoms with Gasteiger partial charge in [-0.3, -0.25) is 14.8 Å². The Balaban J connectivity index is 1.82. The van der Waals surface area contributed by atoms with Gasteiger partial charge in [0.2, 0.25) is 0 Å². The molecule has 8 heteroatoms. The highest BCUT2D eigenvalue weighted by Gasteiger charge is 2.24. The van der Waals surface area contributed by atoms with Crippen molar-refractivity contribution in [1.29, 1.82) is 0 Å². The van der Waals surface area contributed by atoms with Crippen LogP contribution in [0.4, 0.5) is 4.39 Å². The van der Waals surface area contributed by atoms with Crippen molar-refractivity contribution < 1.29 is 9.18 Å². The summed E-state index contributed by atoms with van der Waals surface area (Å²) >= 11 is 0. The van der Waals surface area contributed by atoms with E-state index in [9.17, 15) is 9.18 Å². The fraction of sp³-hybridized carbons (Fsp3) is 0.200. The number of hydrogen-bond donors (Lipinski definition) is 1. The predicted octanol–water partition coefficient (Wildman–Crippen LogP) is 4.20. The Morgan fingerprint density at radius 3 is 2.58 bits per heavy atom. The predicted molar refractivity (Wildman–Crippen MR) is 125 cm³/mol. The van der Waals surface area contributed by atoms with E-state index in [0.29, 0.717) is 22.2 Å². The number of carbonyl (C=O) groups is 1. The lowest BCUT2D eigenvalue weighted by Crippen LogP contribution is -2.19. The SMILES string of the molecule is Cc1cnc(C)c(Cn2c(C(N)=O)c(-c3ccc4c(c3)nc(C)n4C)c3cc(F)ccc32)n1. The van der Waals surface area contributed by atoms with Crippen LogP contribution in [0, 0.1) is 26.6 Å². The first-order valence-electron chi connectivity index (χ1n) is 10.6. The molecule has 0 bridgehead atoms. The van der Waals surface area contributed by atoms with Crippen molar-refractivity contribution in [2.24, 2.45) is 12.8 Å². The molecular weight excluding hydrogens is 419 g/mol. The van der Waals surface area contributed by atoms with Gasteiger partial charge in [-0.15, -0.1) is 0 Å². The first-order chi connectivity index (χ1) is 15.7. The first-order valence-corrected chi connectivity index (χ1v) is 10.6. The van der Waals surface area contributed by atoms with E-state index in [1.54, 1.807) is 16.8 Å². The molecule has 5 aromatic rings. The number of primary amides is 1. The summed E-state index contributed by atoms with van der Waals surface area (Å²) in [5, 5.41) is 0.606. The summed E-state index contributed by atoms with van der Waals surface area (Å²) in [5.74, 6) is -0.116. The highest BCUT2D eigenvalue weighted by atomic mass is 19.1. The zero-order valence-electron chi connectivity index (χ0n) is 18.8. The molecule has 7 nitrogen and oxygen atoms in total. The van der Waals surface area contributed by atoms with Gasteiger partial charge in [0.15, 0.2) is 0 Å². The van der Waals surface area contributed by atoms with E-state index in [-0.39, 0.29) is 6.54 Å². The Morgan fingerprint density at radius 2 is 1.82 bits per heavy atom. The standard InChI is InChI=1S/C25H23FN6O/c1-13-11-28-14(2)20(29-13)12-32-21-8-6-17(26)10-18(21)23(24(32)25(27)33)16-5-7-22-19(9-16)30-15(3)31(22)4/h5-11H,12H2,1-4H3,(H2,27,33). The molecule has 0 fully saturated rings. The average Bonchev–Trinajstić information content (AvgIpc) is 3.24. The minimum atomic E-state index is -0.600. The third kappa shape index (κ3) is 3.34. The molecule has 0 aliphatic carbocycles. The number of carbonyl (C=O) groups excluding carboxylic acids is 1. The second-order valence-electron chi connectivity index (χ2n) is 8.30. The van der Waals surface area contributed by atoms with Crippen molar-refractivity contribution in [1.82, 2.24) is 24.1 Å². The van der Waals surface area contributed by atoms with Gasteiger partial charge in [0, 0.05) is 29.7 Å². The van der Waals surface area contributed by atoms with E-state index >= 15 is 0 Å². The van der Waals surface area contributed by atoms with Crippen LogP contribution >= 0.6 is 0 Å². The molecule has 166 valence electrons. The van der Waals surface area contributed by atoms with E-state index in [2.05, 4.69) is 15.0 Å². The van der Waals surface area contributed by atoms with Crippen LogP contribution < -0.4 is 5.73 Å². The molecule has 0 unspecified atom stereocenters. The van der Waals surface area contributed by atoms with Gasteiger partial charge in [-0.1, -0.05) is 6.07 Å². The highest BCUT2D eigenvalue weighted by Crippen LogP contribution is 2.37. The molecule has 3 heterocycles. The van der Waals surface area contributed by atoms with Gasteiger partial charge in [-0.05, 0) is 56.7 Å². The van der Waals surface area contributed by atoms with Crippen LogP contribution in [0.2, 0.25) is 0 Å². The largest absolute Gasteiger partial charge is 0.364 e. The number of amides is 1. The van der Waals surface area contributed by atoms with Crippen LogP contribution in [0.5, 0.6) is 0 Å². The third-order valence-electron chi connectivity index (χ3n) is 6.13. The number of imidazole rings is 1. The van der Waals surface area contributed by atoms with Gasteiger partial charge in [-0.2, -0.15) is 0 Å². The third-order valence-corrected chi connectivity index (χ3v) is 6.13. The summed E-state index contributed by atoms with van der Waals surface area (Å²) in [4.78, 5) is 26.4. The topological polar surface area (TPSA) is 91.6 Å². The van der Waals surface area contributed by atoms with Crippen LogP contribution in [0.1, 0.15) is 33.4 Å². The first kappa shape index (κ1) is 20.8. The highest BCUT2D eigenvalue weighted by molar-refractivity contribution is 6.10. The van der Waals surface area contributed by atoms with Crippen molar-refractivity contribution in [2.75, 3.05) is 0 Å². The van der Waals surface area contributed by atoms with E-state index in [1.165, 1.54) is 12.1 Å². The Kier molecular flexibility index (Phi) is 4.74. The summed E-state index contributed by atoms with van der Waals surface area (Å²) in [5.41, 5.74) is 12.2. The summed E-state index contributed by atoms with van der Waals surface area (Å²) in [6, 6.07) is 10.3. The smallest absolute Gasteiger partial charge is 0.266 e. The second-order valence-corrected chi connectivity index (χ2v) is 8.30. The molecule has 0 saturated heterocycles. The molecule has 2 N–H and O–H groups in total. The lowest BCUT2D eigenvalue weighted by Gasteiger charge is -2.12. The normalized spacial score (nSPS) is 11.5. The zero-order valence-corrected chi connectivity index (χ0v) is 18.8. The fourth-order valence-electron chi connectivity index (χ4n) is 4.40. The molecule has 0 spiro atoms. The maximum absolute atomic E-state index is 14.4. The lowest BCUT2D eigenvalue weighted by molar-refractivity contribution is 0.0993. The number of rotatable bonds is 4. The van der Waals surface area contributed by atoms with E-state index < -0.39 is 11.7 Å². The Morgan fingerprint density at radius 1 is 1.06 bits per heavy atom. The molecular formula is C25H23FN6O. The lowest BCUT2D eigenvalue weighted by atomic mass is 10.0. The molecule has 5 rings (SSSR count). The molecule has 0 aliphatic rings. The van der Waals surface area contributed by atoms with Gasteiger partial charge in [0.1, 0.15) is 17.3 Å². The Labute approximate surface area is 189 Å². The number of halogens is 1. The van der Waals surface area contributed by atoms with E-state index in [1.807, 2.05) is 50.6 Å². The molecule has 3 aromatic heterocycles. The van der Waals surface area contributed by atoms with Crippen LogP contribution in [0.3, 0.4) is 0 Å². The number of hydrogen-bond acceptors (Lipinski definition) is 4. The van der Waals surface area contributed by atoms with Crippen molar-refractivity contribution >= 4 is 27.8 Å². The van der Waals surface area contributed by atoms with Crippen molar-refractivity contribution in [3.8, 4) is 11.1 Å². The number of fused-ring (bicyclic) bond motifs is 2. The summed E-state index contributed by atoms with van der Waals surface area (Å²) < 4.78 is 18.2. The zero-order chi connectivity index (χ0) is 23.4. The van der Waals surface area contributed by atoms with E-state index in [4.69, 9.17) is 5.73 Å². The van der Waals surface area contributed by atoms with Gasteiger partial charge >= 0.3 is 0 Å². The maximum Gasteiger partial charge on any atom is 0.266 e. The molecule has 0 atom stereocenters. The quantitative estimate of drug-likeness (QED) is 0.452. The van der Waals surface area contributed by atoms with Crippen molar-refractivity contribution in [3.63, 3.8) is 0 Å². The monoisotopic (exact) mass is 442 g/mol. The molecule has 2 aromatic carbocycles. The van der Waals surface area contributed by atoms with Crippen LogP contribution in [0.25, 0.3) is 33.1 Å². The molecule has 33 heavy (non-hydrogen) atoms. The summed E-state index contributed by atoms with van der Waals surface area (Å²) in [7, 11) is 1.95. The van der Waals surface area contributed by atoms with Gasteiger partial charge in [-0.25, -0.2) is 9.37 Å². The van der Waals surface area contributed by atoms with Gasteiger partial charge < -0.3 is 14.9 Å². The summed E-state index contributed by atoms with van der Waals surface area (Å²) in [6.07, 6.45) is 1.70. The number of nitrogens with two attached hydrogens (primary N) is 1. The number of aryl methyl sites for hydroxylation is 4. The van der Waals surface area contributed by atoms with Crippen molar-refractivity contribution in [3.05, 3.63) is 77.0 Å². The van der Waals surface area contributed by atoms with E-state index in [0.717, 1.165) is 39.5 Å². The molecule has 0 aliphatic heterocycles. The van der Waals surface area contributed by atoms with Gasteiger partial charge in [0.05, 0.1) is 34.7 Å². The summed E-state index contributed by atoms with van der Waals surface area (Å²) in [6.45, 7) is 5.95. The molecule has 1 amide bonds. The van der Waals surface area contributed by atoms with Gasteiger partial charge in [0.25, 0.3) is 5.91 Å². The van der Waals surface area contributed by atoms with Crippen LogP contribution in [-0.4, -0.2) is 30.0 Å². The number of benzene rings is 2. The average molecular weight is 442 g/mol. The minimum absolute atomic E-state index is 0.284. The van der Waals surface area contributed by atoms with Crippen molar-refractivity contribution in [2.45, 2.75) is 27.3 Å². The fourth-order valence-corrected chi connectivity index (χ4v) is 4.40. The van der Waals surface area contributed by atoms with Crippen LogP contribution in [-0.2, 0) is 13.6 Å². The number of nitrogens with zero attached hydrogens (tertiary/aromatic N) is 5. The van der Waals surface area contributed by atoms with Crippen LogP contribution in [0.15, 0.2) is 42.6 Å². The molecule has 0 saturated carbocycles. The molecule has 0 radical (unpaired) electrons. The minimum Gasteiger partial charge on any atom is -0.364 e. The maximum atomic E-state index is 14.4.